The van der Waals surface area contributed by atoms with Gasteiger partial charge in [0.25, 0.3) is 0 Å². The molecule has 2 N–H and O–H groups in total. The summed E-state index contributed by atoms with van der Waals surface area (Å²) in [5, 5.41) is 18.8. The van der Waals surface area contributed by atoms with Crippen LogP contribution in [0.2, 0.25) is 0 Å². The lowest BCUT2D eigenvalue weighted by atomic mass is 9.79. The van der Waals surface area contributed by atoms with Gasteiger partial charge in [-0.3, -0.25) is 4.79 Å². The summed E-state index contributed by atoms with van der Waals surface area (Å²) < 4.78 is 10.7. The van der Waals surface area contributed by atoms with Gasteiger partial charge in [0, 0.05) is 0 Å². The molecule has 1 aliphatic heterocycles. The molecule has 0 saturated carbocycles. The average molecular weight is 252 g/mol. The molecular formula is C13H16O5. The molecular weight excluding hydrogens is 236 g/mol. The summed E-state index contributed by atoms with van der Waals surface area (Å²) in [6, 6.07) is 5.01. The topological polar surface area (TPSA) is 76.0 Å². The van der Waals surface area contributed by atoms with Crippen LogP contribution in [0.3, 0.4) is 0 Å². The Morgan fingerprint density at radius 1 is 1.39 bits per heavy atom. The lowest BCUT2D eigenvalue weighted by molar-refractivity contribution is 0.0345. The van der Waals surface area contributed by atoms with Crippen molar-refractivity contribution in [3.63, 3.8) is 0 Å². The zero-order chi connectivity index (χ0) is 13.2. The Balaban J connectivity index is 2.54. The fourth-order valence-corrected chi connectivity index (χ4v) is 2.10. The van der Waals surface area contributed by atoms with Crippen LogP contribution in [-0.4, -0.2) is 42.9 Å². The number of hydrogen-bond acceptors (Lipinski definition) is 5. The van der Waals surface area contributed by atoms with E-state index < -0.39 is 18.6 Å². The quantitative estimate of drug-likeness (QED) is 0.825. The van der Waals surface area contributed by atoms with E-state index in [1.165, 1.54) is 7.11 Å². The van der Waals surface area contributed by atoms with E-state index in [4.69, 9.17) is 9.47 Å². The third-order valence-electron chi connectivity index (χ3n) is 3.36. The molecule has 1 aromatic carbocycles. The molecule has 18 heavy (non-hydrogen) atoms. The third-order valence-corrected chi connectivity index (χ3v) is 3.36. The summed E-state index contributed by atoms with van der Waals surface area (Å²) in [6.07, 6.45) is 0.274. The van der Waals surface area contributed by atoms with Crippen LogP contribution in [0.5, 0.6) is 11.5 Å². The molecule has 2 rings (SSSR count). The lowest BCUT2D eigenvalue weighted by Gasteiger charge is -2.25. The number of aliphatic hydroxyl groups excluding tert-OH is 2. The highest BCUT2D eigenvalue weighted by molar-refractivity contribution is 6.04. The molecule has 1 aromatic rings. The van der Waals surface area contributed by atoms with Crippen LogP contribution < -0.4 is 9.47 Å². The smallest absolute Gasteiger partial charge is 0.177 e. The second-order valence-electron chi connectivity index (χ2n) is 4.36. The first-order chi connectivity index (χ1) is 8.68. The van der Waals surface area contributed by atoms with E-state index in [0.29, 0.717) is 17.1 Å². The Bertz CT molecular complexity index is 451. The number of fused-ring (bicyclic) bond motifs is 1. The van der Waals surface area contributed by atoms with Crippen molar-refractivity contribution in [1.82, 2.24) is 0 Å². The average Bonchev–Trinajstić information content (AvgIpc) is 2.56. The molecule has 0 radical (unpaired) electrons. The molecule has 5 nitrogen and oxygen atoms in total. The molecule has 0 amide bonds. The van der Waals surface area contributed by atoms with Gasteiger partial charge in [-0.05, 0) is 18.6 Å². The van der Waals surface area contributed by atoms with Crippen molar-refractivity contribution < 1.29 is 24.5 Å². The van der Waals surface area contributed by atoms with Gasteiger partial charge in [-0.1, -0.05) is 6.07 Å². The Morgan fingerprint density at radius 2 is 2.11 bits per heavy atom. The second-order valence-corrected chi connectivity index (χ2v) is 4.36. The zero-order valence-electron chi connectivity index (χ0n) is 10.2. The fraction of sp³-hybridized carbons (Fsp3) is 0.462. The largest absolute Gasteiger partial charge is 0.493 e. The van der Waals surface area contributed by atoms with Crippen molar-refractivity contribution in [2.75, 3.05) is 26.9 Å². The van der Waals surface area contributed by atoms with Gasteiger partial charge in [0.05, 0.1) is 37.9 Å². The first-order valence-electron chi connectivity index (χ1n) is 5.75. The maximum absolute atomic E-state index is 12.4. The van der Waals surface area contributed by atoms with Crippen LogP contribution in [0.1, 0.15) is 16.8 Å². The van der Waals surface area contributed by atoms with Crippen molar-refractivity contribution >= 4 is 5.78 Å². The molecule has 0 atom stereocenters. The minimum Gasteiger partial charge on any atom is -0.493 e. The Hall–Kier alpha value is -1.59. The highest BCUT2D eigenvalue weighted by Gasteiger charge is 2.41. The van der Waals surface area contributed by atoms with E-state index in [0.717, 1.165) is 0 Å². The highest BCUT2D eigenvalue weighted by atomic mass is 16.5. The summed E-state index contributed by atoms with van der Waals surface area (Å²) in [6.45, 7) is -0.551. The normalized spacial score (nSPS) is 17.6. The third kappa shape index (κ3) is 1.85. The van der Waals surface area contributed by atoms with Gasteiger partial charge in [-0.25, -0.2) is 0 Å². The van der Waals surface area contributed by atoms with Crippen LogP contribution in [0, 0.1) is 5.41 Å². The number of methoxy groups -OCH3 is 1. The number of rotatable bonds is 3. The van der Waals surface area contributed by atoms with E-state index in [2.05, 4.69) is 0 Å². The fourth-order valence-electron chi connectivity index (χ4n) is 2.10. The standard InChI is InChI=1S/C13H16O5/c1-17-10-4-2-3-9-11(10)18-6-5-13(7-14,8-15)12(9)16/h2-4,14-15H,5-8H2,1H3. The molecule has 1 heterocycles. The van der Waals surface area contributed by atoms with Crippen molar-refractivity contribution in [1.29, 1.82) is 0 Å². The second kappa shape index (κ2) is 4.96. The number of hydrogen-bond donors (Lipinski definition) is 2. The van der Waals surface area contributed by atoms with E-state index in [1.54, 1.807) is 18.2 Å². The molecule has 0 bridgehead atoms. The minimum absolute atomic E-state index is 0.250. The van der Waals surface area contributed by atoms with Crippen molar-refractivity contribution in [2.24, 2.45) is 5.41 Å². The lowest BCUT2D eigenvalue weighted by Crippen LogP contribution is -2.38. The number of benzene rings is 1. The van der Waals surface area contributed by atoms with E-state index in [9.17, 15) is 15.0 Å². The molecule has 0 fully saturated rings. The molecule has 0 aliphatic carbocycles. The van der Waals surface area contributed by atoms with Gasteiger partial charge in [0.15, 0.2) is 17.3 Å². The van der Waals surface area contributed by atoms with Gasteiger partial charge in [-0.2, -0.15) is 0 Å². The number of carbonyl (C=O) groups excluding carboxylic acids is 1. The zero-order valence-corrected chi connectivity index (χ0v) is 10.2. The molecule has 0 saturated heterocycles. The monoisotopic (exact) mass is 252 g/mol. The van der Waals surface area contributed by atoms with Crippen molar-refractivity contribution in [3.8, 4) is 11.5 Å². The number of para-hydroxylation sites is 1. The predicted molar refractivity (Wildman–Crippen MR) is 64.0 cm³/mol. The summed E-state index contributed by atoms with van der Waals surface area (Å²) in [5.74, 6) is 0.556. The number of aliphatic hydroxyl groups is 2. The Labute approximate surface area is 105 Å². The number of ketones is 1. The molecule has 0 unspecified atom stereocenters. The first kappa shape index (κ1) is 12.9. The predicted octanol–water partition coefficient (Wildman–Crippen LogP) is 0.631. The van der Waals surface area contributed by atoms with Crippen LogP contribution in [0.4, 0.5) is 0 Å². The molecule has 0 spiro atoms. The highest BCUT2D eigenvalue weighted by Crippen LogP contribution is 2.39. The SMILES string of the molecule is COc1cccc2c1OCCC(CO)(CO)C2=O. The number of carbonyl (C=O) groups is 1. The Kier molecular flexibility index (Phi) is 3.54. The van der Waals surface area contributed by atoms with Crippen molar-refractivity contribution in [2.45, 2.75) is 6.42 Å². The summed E-state index contributed by atoms with van der Waals surface area (Å²) in [4.78, 5) is 12.4. The van der Waals surface area contributed by atoms with Crippen molar-refractivity contribution in [3.05, 3.63) is 23.8 Å². The van der Waals surface area contributed by atoms with E-state index >= 15 is 0 Å². The first-order valence-corrected chi connectivity index (χ1v) is 5.75. The van der Waals surface area contributed by atoms with Crippen LogP contribution in [0.15, 0.2) is 18.2 Å². The van der Waals surface area contributed by atoms with E-state index in [-0.39, 0.29) is 18.8 Å². The van der Waals surface area contributed by atoms with Gasteiger partial charge in [0.1, 0.15) is 0 Å². The number of ether oxygens (including phenoxy) is 2. The molecule has 1 aliphatic rings. The van der Waals surface area contributed by atoms with Gasteiger partial charge in [0.2, 0.25) is 0 Å². The Morgan fingerprint density at radius 3 is 2.72 bits per heavy atom. The number of Topliss-reactive ketones (excluding diaryl/α,β-unsaturated/α-hetero) is 1. The van der Waals surface area contributed by atoms with E-state index in [1.807, 2.05) is 0 Å². The van der Waals surface area contributed by atoms with Gasteiger partial charge < -0.3 is 19.7 Å². The van der Waals surface area contributed by atoms with Gasteiger partial charge in [-0.15, -0.1) is 0 Å². The summed E-state index contributed by atoms with van der Waals surface area (Å²) >= 11 is 0. The van der Waals surface area contributed by atoms with Crippen LogP contribution in [0.25, 0.3) is 0 Å². The van der Waals surface area contributed by atoms with Crippen LogP contribution in [-0.2, 0) is 0 Å². The van der Waals surface area contributed by atoms with Gasteiger partial charge >= 0.3 is 0 Å². The summed E-state index contributed by atoms with van der Waals surface area (Å²) in [5.41, 5.74) is -0.826. The molecule has 5 heteroatoms. The van der Waals surface area contributed by atoms with Crippen LogP contribution >= 0.6 is 0 Å². The summed E-state index contributed by atoms with van der Waals surface area (Å²) in [7, 11) is 1.50. The maximum Gasteiger partial charge on any atom is 0.177 e. The molecule has 0 aromatic heterocycles. The minimum atomic E-state index is -1.17. The molecule has 98 valence electrons. The maximum atomic E-state index is 12.4.